The number of imidazole rings is 1. The van der Waals surface area contributed by atoms with Gasteiger partial charge in [0.25, 0.3) is 5.56 Å². The maximum absolute atomic E-state index is 12.3. The molecule has 3 aromatic rings. The first-order valence-electron chi connectivity index (χ1n) is 8.12. The number of para-hydroxylation sites is 1. The van der Waals surface area contributed by atoms with Gasteiger partial charge in [0, 0.05) is 37.8 Å². The van der Waals surface area contributed by atoms with Crippen LogP contribution in [-0.2, 0) is 11.3 Å². The SMILES string of the molecule is O=C(/C=C/n1cnc2ccccc2c1=O)NCCCCn1ccnc1. The predicted molar refractivity (Wildman–Crippen MR) is 95.8 cm³/mol. The molecule has 0 spiro atoms. The van der Waals surface area contributed by atoms with Crippen molar-refractivity contribution >= 4 is 23.0 Å². The molecule has 0 aliphatic heterocycles. The molecule has 0 unspecified atom stereocenters. The van der Waals surface area contributed by atoms with Gasteiger partial charge in [-0.15, -0.1) is 0 Å². The number of carbonyl (C=O) groups excluding carboxylic acids is 1. The fourth-order valence-electron chi connectivity index (χ4n) is 2.45. The molecule has 1 N–H and O–H groups in total. The van der Waals surface area contributed by atoms with Crippen LogP contribution in [0.3, 0.4) is 0 Å². The fourth-order valence-corrected chi connectivity index (χ4v) is 2.45. The Balaban J connectivity index is 1.49. The highest BCUT2D eigenvalue weighted by molar-refractivity contribution is 5.90. The van der Waals surface area contributed by atoms with Crippen LogP contribution in [0.5, 0.6) is 0 Å². The largest absolute Gasteiger partial charge is 0.353 e. The third-order valence-electron chi connectivity index (χ3n) is 3.78. The van der Waals surface area contributed by atoms with Crippen molar-refractivity contribution in [3.63, 3.8) is 0 Å². The lowest BCUT2D eigenvalue weighted by Crippen LogP contribution is -2.23. The first-order chi connectivity index (χ1) is 12.2. The summed E-state index contributed by atoms with van der Waals surface area (Å²) in [5.74, 6) is -0.234. The molecule has 0 aliphatic carbocycles. The summed E-state index contributed by atoms with van der Waals surface area (Å²) in [5, 5.41) is 3.33. The maximum atomic E-state index is 12.3. The zero-order chi connectivity index (χ0) is 17.5. The van der Waals surface area contributed by atoms with E-state index in [1.807, 2.05) is 16.8 Å². The normalized spacial score (nSPS) is 11.2. The van der Waals surface area contributed by atoms with E-state index in [1.165, 1.54) is 23.2 Å². The lowest BCUT2D eigenvalue weighted by molar-refractivity contribution is -0.116. The molecule has 7 nitrogen and oxygen atoms in total. The zero-order valence-electron chi connectivity index (χ0n) is 13.7. The van der Waals surface area contributed by atoms with Crippen LogP contribution in [0.15, 0.2) is 60.2 Å². The number of rotatable bonds is 7. The lowest BCUT2D eigenvalue weighted by atomic mass is 10.2. The van der Waals surface area contributed by atoms with Crippen LogP contribution in [-0.4, -0.2) is 31.6 Å². The van der Waals surface area contributed by atoms with Crippen LogP contribution in [0, 0.1) is 0 Å². The average Bonchev–Trinajstić information content (AvgIpc) is 3.14. The summed E-state index contributed by atoms with van der Waals surface area (Å²) in [7, 11) is 0. The third kappa shape index (κ3) is 4.41. The predicted octanol–water partition coefficient (Wildman–Crippen LogP) is 1.66. The van der Waals surface area contributed by atoms with Gasteiger partial charge in [-0.3, -0.25) is 14.2 Å². The Labute approximate surface area is 144 Å². The third-order valence-corrected chi connectivity index (χ3v) is 3.78. The molecule has 2 aromatic heterocycles. The summed E-state index contributed by atoms with van der Waals surface area (Å²) in [6, 6.07) is 7.11. The van der Waals surface area contributed by atoms with Gasteiger partial charge in [-0.25, -0.2) is 9.97 Å². The van der Waals surface area contributed by atoms with Gasteiger partial charge >= 0.3 is 0 Å². The van der Waals surface area contributed by atoms with Gasteiger partial charge < -0.3 is 9.88 Å². The molecule has 0 radical (unpaired) electrons. The van der Waals surface area contributed by atoms with Crippen LogP contribution >= 0.6 is 0 Å². The van der Waals surface area contributed by atoms with Gasteiger partial charge in [0.1, 0.15) is 6.33 Å². The van der Waals surface area contributed by atoms with Gasteiger partial charge in [0.15, 0.2) is 0 Å². The van der Waals surface area contributed by atoms with E-state index in [4.69, 9.17) is 0 Å². The van der Waals surface area contributed by atoms with Crippen molar-refractivity contribution in [2.45, 2.75) is 19.4 Å². The number of aryl methyl sites for hydroxylation is 1. The minimum Gasteiger partial charge on any atom is -0.353 e. The first kappa shape index (κ1) is 16.6. The van der Waals surface area contributed by atoms with Crippen molar-refractivity contribution in [1.82, 2.24) is 24.4 Å². The van der Waals surface area contributed by atoms with Gasteiger partial charge in [0.2, 0.25) is 5.91 Å². The summed E-state index contributed by atoms with van der Waals surface area (Å²) in [5.41, 5.74) is 0.439. The number of nitrogens with one attached hydrogen (secondary N) is 1. The van der Waals surface area contributed by atoms with Gasteiger partial charge in [-0.05, 0) is 25.0 Å². The van der Waals surface area contributed by atoms with E-state index in [-0.39, 0.29) is 11.5 Å². The van der Waals surface area contributed by atoms with E-state index in [1.54, 1.807) is 30.7 Å². The summed E-state index contributed by atoms with van der Waals surface area (Å²) >= 11 is 0. The highest BCUT2D eigenvalue weighted by Gasteiger charge is 2.01. The van der Waals surface area contributed by atoms with Crippen molar-refractivity contribution in [3.05, 3.63) is 65.7 Å². The number of hydrogen-bond donors (Lipinski definition) is 1. The molecular weight excluding hydrogens is 318 g/mol. The van der Waals surface area contributed by atoms with Gasteiger partial charge in [-0.2, -0.15) is 0 Å². The maximum Gasteiger partial charge on any atom is 0.265 e. The molecule has 1 amide bonds. The number of aromatic nitrogens is 4. The van der Waals surface area contributed by atoms with Crippen LogP contribution in [0.4, 0.5) is 0 Å². The molecule has 0 saturated carbocycles. The molecule has 0 fully saturated rings. The van der Waals surface area contributed by atoms with Crippen LogP contribution < -0.4 is 10.9 Å². The number of hydrogen-bond acceptors (Lipinski definition) is 4. The van der Waals surface area contributed by atoms with Crippen LogP contribution in [0.1, 0.15) is 12.8 Å². The van der Waals surface area contributed by atoms with E-state index in [0.29, 0.717) is 17.4 Å². The molecular formula is C18H19N5O2. The highest BCUT2D eigenvalue weighted by atomic mass is 16.1. The number of unbranched alkanes of at least 4 members (excludes halogenated alkanes) is 1. The summed E-state index contributed by atoms with van der Waals surface area (Å²) in [6.45, 7) is 1.46. The minimum atomic E-state index is -0.234. The molecule has 0 aliphatic rings. The van der Waals surface area contributed by atoms with Crippen LogP contribution in [0.25, 0.3) is 17.1 Å². The quantitative estimate of drug-likeness (QED) is 0.525. The average molecular weight is 337 g/mol. The van der Waals surface area contributed by atoms with E-state index < -0.39 is 0 Å². The lowest BCUT2D eigenvalue weighted by Gasteiger charge is -2.04. The molecule has 7 heteroatoms. The van der Waals surface area contributed by atoms with E-state index in [0.717, 1.165) is 19.4 Å². The Morgan fingerprint density at radius 1 is 1.20 bits per heavy atom. The number of carbonyl (C=O) groups is 1. The molecule has 0 saturated heterocycles. The smallest absolute Gasteiger partial charge is 0.265 e. The Morgan fingerprint density at radius 3 is 2.92 bits per heavy atom. The van der Waals surface area contributed by atoms with Crippen molar-refractivity contribution in [1.29, 1.82) is 0 Å². The van der Waals surface area contributed by atoms with Gasteiger partial charge in [-0.1, -0.05) is 12.1 Å². The number of fused-ring (bicyclic) bond motifs is 1. The number of amides is 1. The second-order valence-electron chi connectivity index (χ2n) is 5.59. The second kappa shape index (κ2) is 8.05. The Kier molecular flexibility index (Phi) is 5.36. The van der Waals surface area contributed by atoms with Crippen LogP contribution in [0.2, 0.25) is 0 Å². The summed E-state index contributed by atoms with van der Waals surface area (Å²) in [6.07, 6.45) is 11.4. The van der Waals surface area contributed by atoms with E-state index in [9.17, 15) is 9.59 Å². The summed E-state index contributed by atoms with van der Waals surface area (Å²) < 4.78 is 3.31. The van der Waals surface area contributed by atoms with Crippen molar-refractivity contribution in [2.75, 3.05) is 6.54 Å². The highest BCUT2D eigenvalue weighted by Crippen LogP contribution is 2.04. The van der Waals surface area contributed by atoms with E-state index >= 15 is 0 Å². The molecule has 128 valence electrons. The van der Waals surface area contributed by atoms with E-state index in [2.05, 4.69) is 15.3 Å². The molecule has 0 atom stereocenters. The summed E-state index contributed by atoms with van der Waals surface area (Å²) in [4.78, 5) is 32.3. The van der Waals surface area contributed by atoms with Crippen molar-refractivity contribution in [3.8, 4) is 0 Å². The minimum absolute atomic E-state index is 0.199. The molecule has 1 aromatic carbocycles. The topological polar surface area (TPSA) is 81.8 Å². The van der Waals surface area contributed by atoms with Gasteiger partial charge in [0.05, 0.1) is 17.2 Å². The molecule has 25 heavy (non-hydrogen) atoms. The second-order valence-corrected chi connectivity index (χ2v) is 5.59. The monoisotopic (exact) mass is 337 g/mol. The first-order valence-corrected chi connectivity index (χ1v) is 8.12. The van der Waals surface area contributed by atoms with Crippen molar-refractivity contribution < 1.29 is 4.79 Å². The molecule has 0 bridgehead atoms. The standard InChI is InChI=1S/C18H19N5O2/c24-17(20-8-3-4-10-22-12-9-19-13-22)7-11-23-14-21-16-6-2-1-5-15(16)18(23)25/h1-2,5-7,9,11-14H,3-4,8,10H2,(H,20,24)/b11-7+. The Bertz CT molecular complexity index is 928. The fraction of sp³-hybridized carbons (Fsp3) is 0.222. The number of benzene rings is 1. The Hall–Kier alpha value is -3.22. The zero-order valence-corrected chi connectivity index (χ0v) is 13.7. The molecule has 3 rings (SSSR count). The molecule has 2 heterocycles. The number of nitrogens with zero attached hydrogens (tertiary/aromatic N) is 4. The Morgan fingerprint density at radius 2 is 2.08 bits per heavy atom. The van der Waals surface area contributed by atoms with Crippen molar-refractivity contribution in [2.24, 2.45) is 0 Å².